The molecule has 1 aliphatic heterocycles. The Morgan fingerprint density at radius 3 is 2.50 bits per heavy atom. The predicted octanol–water partition coefficient (Wildman–Crippen LogP) is 2.32. The summed E-state index contributed by atoms with van der Waals surface area (Å²) in [4.78, 5) is 30.0. The van der Waals surface area contributed by atoms with Crippen LogP contribution in [-0.2, 0) is 30.4 Å². The van der Waals surface area contributed by atoms with E-state index >= 15 is 0 Å². The lowest BCUT2D eigenvalue weighted by Gasteiger charge is -2.35. The second kappa shape index (κ2) is 7.77. The van der Waals surface area contributed by atoms with Crippen LogP contribution < -0.4 is 0 Å². The predicted molar refractivity (Wildman–Crippen MR) is 87.7 cm³/mol. The topological polar surface area (TPSA) is 65.1 Å². The second-order valence-electron chi connectivity index (χ2n) is 6.35. The van der Waals surface area contributed by atoms with Gasteiger partial charge in [0.1, 0.15) is 6.10 Å². The number of ether oxygens (including phenoxy) is 2. The molecule has 2 atom stereocenters. The van der Waals surface area contributed by atoms with E-state index in [2.05, 4.69) is 0 Å². The number of hydrogen-bond donors (Lipinski definition) is 0. The van der Waals surface area contributed by atoms with E-state index in [-0.39, 0.29) is 5.92 Å². The van der Waals surface area contributed by atoms with Gasteiger partial charge >= 0.3 is 11.9 Å². The highest BCUT2D eigenvalue weighted by atomic mass is 16.7. The second-order valence-corrected chi connectivity index (χ2v) is 6.35. The monoisotopic (exact) mass is 335 g/mol. The summed E-state index contributed by atoms with van der Waals surface area (Å²) in [6, 6.07) is 9.84. The summed E-state index contributed by atoms with van der Waals surface area (Å²) in [5, 5.41) is 1.73. The van der Waals surface area contributed by atoms with Crippen molar-refractivity contribution in [2.45, 2.75) is 45.4 Å². The highest BCUT2D eigenvalue weighted by molar-refractivity contribution is 5.81. The molecule has 1 aromatic carbocycles. The van der Waals surface area contributed by atoms with Crippen LogP contribution in [0.25, 0.3) is 0 Å². The Balaban J connectivity index is 2.23. The van der Waals surface area contributed by atoms with Crippen LogP contribution in [0.4, 0.5) is 0 Å². The van der Waals surface area contributed by atoms with Crippen LogP contribution >= 0.6 is 0 Å². The number of nitrogens with zero attached hydrogens (tertiary/aromatic N) is 1. The molecule has 0 aliphatic carbocycles. The fraction of sp³-hybridized carbons (Fsp3) is 0.556. The van der Waals surface area contributed by atoms with Gasteiger partial charge in [0.2, 0.25) is 5.60 Å². The summed E-state index contributed by atoms with van der Waals surface area (Å²) in [6.07, 6.45) is -0.300. The number of esters is 2. The summed E-state index contributed by atoms with van der Waals surface area (Å²) in [7, 11) is 1.32. The number of carbonyl (C=O) groups is 2. The molecule has 1 saturated heterocycles. The normalized spacial score (nSPS) is 22.4. The summed E-state index contributed by atoms with van der Waals surface area (Å²) in [5.74, 6) is -1.05. The molecule has 6 nitrogen and oxygen atoms in total. The minimum atomic E-state index is -1.30. The van der Waals surface area contributed by atoms with Crippen LogP contribution in [0, 0.1) is 5.92 Å². The first-order valence-electron chi connectivity index (χ1n) is 8.12. The SMILES string of the molecule is COC(=O)[C@]1([C@H](OC(C)=O)C(C)C)CCN(Cc2ccccc2)O1. The van der Waals surface area contributed by atoms with Gasteiger partial charge in [-0.2, -0.15) is 5.06 Å². The first-order chi connectivity index (χ1) is 11.4. The Morgan fingerprint density at radius 1 is 1.29 bits per heavy atom. The zero-order valence-corrected chi connectivity index (χ0v) is 14.7. The molecule has 24 heavy (non-hydrogen) atoms. The average molecular weight is 335 g/mol. The van der Waals surface area contributed by atoms with Crippen molar-refractivity contribution in [2.75, 3.05) is 13.7 Å². The zero-order chi connectivity index (χ0) is 17.7. The van der Waals surface area contributed by atoms with Gasteiger partial charge in [0.05, 0.1) is 7.11 Å². The number of benzene rings is 1. The van der Waals surface area contributed by atoms with Gasteiger partial charge in [-0.1, -0.05) is 44.2 Å². The van der Waals surface area contributed by atoms with Crippen LogP contribution in [0.3, 0.4) is 0 Å². The van der Waals surface area contributed by atoms with Gasteiger partial charge in [0, 0.05) is 26.4 Å². The summed E-state index contributed by atoms with van der Waals surface area (Å²) < 4.78 is 10.4. The van der Waals surface area contributed by atoms with E-state index < -0.39 is 23.6 Å². The third kappa shape index (κ3) is 3.94. The number of carbonyl (C=O) groups excluding carboxylic acids is 2. The number of methoxy groups -OCH3 is 1. The summed E-state index contributed by atoms with van der Waals surface area (Å²) >= 11 is 0. The van der Waals surface area contributed by atoms with E-state index in [1.54, 1.807) is 5.06 Å². The van der Waals surface area contributed by atoms with Gasteiger partial charge in [-0.25, -0.2) is 4.79 Å². The first kappa shape index (κ1) is 18.4. The van der Waals surface area contributed by atoms with E-state index in [1.807, 2.05) is 44.2 Å². The molecule has 0 N–H and O–H groups in total. The van der Waals surface area contributed by atoms with Crippen molar-refractivity contribution in [1.82, 2.24) is 5.06 Å². The molecule has 0 bridgehead atoms. The van der Waals surface area contributed by atoms with E-state index in [4.69, 9.17) is 14.3 Å². The van der Waals surface area contributed by atoms with Gasteiger partial charge < -0.3 is 9.47 Å². The molecule has 1 aliphatic rings. The molecular weight excluding hydrogens is 310 g/mol. The molecule has 1 fully saturated rings. The van der Waals surface area contributed by atoms with Crippen LogP contribution in [0.2, 0.25) is 0 Å². The Labute approximate surface area is 142 Å². The molecule has 0 amide bonds. The maximum atomic E-state index is 12.5. The number of rotatable bonds is 6. The Kier molecular flexibility index (Phi) is 5.96. The van der Waals surface area contributed by atoms with Gasteiger partial charge in [0.25, 0.3) is 0 Å². The zero-order valence-electron chi connectivity index (χ0n) is 14.7. The van der Waals surface area contributed by atoms with E-state index in [1.165, 1.54) is 14.0 Å². The molecule has 2 rings (SSSR count). The highest BCUT2D eigenvalue weighted by Crippen LogP contribution is 2.36. The number of hydrogen-bond acceptors (Lipinski definition) is 6. The molecule has 0 radical (unpaired) electrons. The molecule has 1 aromatic rings. The molecule has 1 heterocycles. The lowest BCUT2D eigenvalue weighted by Crippen LogP contribution is -2.54. The Morgan fingerprint density at radius 2 is 1.96 bits per heavy atom. The quantitative estimate of drug-likeness (QED) is 0.744. The first-order valence-corrected chi connectivity index (χ1v) is 8.12. The van der Waals surface area contributed by atoms with Gasteiger partial charge in [-0.3, -0.25) is 9.63 Å². The van der Waals surface area contributed by atoms with E-state index in [9.17, 15) is 9.59 Å². The smallest absolute Gasteiger partial charge is 0.344 e. The van der Waals surface area contributed by atoms with E-state index in [0.29, 0.717) is 19.5 Å². The van der Waals surface area contributed by atoms with Crippen molar-refractivity contribution < 1.29 is 23.9 Å². The van der Waals surface area contributed by atoms with Crippen molar-refractivity contribution in [3.63, 3.8) is 0 Å². The van der Waals surface area contributed by atoms with Gasteiger partial charge in [0.15, 0.2) is 0 Å². The molecule has 0 aromatic heterocycles. The minimum Gasteiger partial charge on any atom is -0.467 e. The Hall–Kier alpha value is -1.92. The Bertz CT molecular complexity index is 574. The standard InChI is InChI=1S/C18H25NO5/c1-13(2)16(23-14(3)20)18(17(21)22-4)10-11-19(24-18)12-15-8-6-5-7-9-15/h5-9,13,16H,10-12H2,1-4H3/t16-,18-/m1/s1. The fourth-order valence-electron chi connectivity index (χ4n) is 3.08. The minimum absolute atomic E-state index is 0.0929. The fourth-order valence-corrected chi connectivity index (χ4v) is 3.08. The lowest BCUT2D eigenvalue weighted by atomic mass is 9.86. The van der Waals surface area contributed by atoms with Crippen LogP contribution in [-0.4, -0.2) is 42.4 Å². The molecule has 0 spiro atoms. The molecule has 6 heteroatoms. The van der Waals surface area contributed by atoms with Gasteiger partial charge in [-0.15, -0.1) is 0 Å². The van der Waals surface area contributed by atoms with Crippen molar-refractivity contribution in [1.29, 1.82) is 0 Å². The van der Waals surface area contributed by atoms with Crippen molar-refractivity contribution in [2.24, 2.45) is 5.92 Å². The molecule has 132 valence electrons. The third-order valence-corrected chi connectivity index (χ3v) is 4.12. The third-order valence-electron chi connectivity index (χ3n) is 4.12. The molecule has 0 unspecified atom stereocenters. The van der Waals surface area contributed by atoms with Crippen LogP contribution in [0.1, 0.15) is 32.8 Å². The van der Waals surface area contributed by atoms with Gasteiger partial charge in [-0.05, 0) is 11.5 Å². The van der Waals surface area contributed by atoms with E-state index in [0.717, 1.165) is 5.56 Å². The lowest BCUT2D eigenvalue weighted by molar-refractivity contribution is -0.248. The molecular formula is C18H25NO5. The van der Waals surface area contributed by atoms with Crippen LogP contribution in [0.5, 0.6) is 0 Å². The maximum absolute atomic E-state index is 12.5. The van der Waals surface area contributed by atoms with Crippen molar-refractivity contribution in [3.05, 3.63) is 35.9 Å². The summed E-state index contributed by atoms with van der Waals surface area (Å²) in [6.45, 7) is 6.21. The van der Waals surface area contributed by atoms with Crippen molar-refractivity contribution in [3.8, 4) is 0 Å². The highest BCUT2D eigenvalue weighted by Gasteiger charge is 2.56. The average Bonchev–Trinajstić information content (AvgIpc) is 2.97. The summed E-state index contributed by atoms with van der Waals surface area (Å²) in [5.41, 5.74) is -0.227. The maximum Gasteiger partial charge on any atom is 0.344 e. The molecule has 0 saturated carbocycles. The number of hydroxylamine groups is 2. The largest absolute Gasteiger partial charge is 0.467 e. The van der Waals surface area contributed by atoms with Crippen molar-refractivity contribution >= 4 is 11.9 Å². The van der Waals surface area contributed by atoms with Crippen LogP contribution in [0.15, 0.2) is 30.3 Å².